The first kappa shape index (κ1) is 14.9. The van der Waals surface area contributed by atoms with Gasteiger partial charge in [-0.3, -0.25) is 4.79 Å². The van der Waals surface area contributed by atoms with Gasteiger partial charge in [-0.15, -0.1) is 0 Å². The van der Waals surface area contributed by atoms with E-state index in [2.05, 4.69) is 51.8 Å². The Labute approximate surface area is 111 Å². The fraction of sp³-hybridized carbons (Fsp3) is 0.562. The molecule has 0 bridgehead atoms. The summed E-state index contributed by atoms with van der Waals surface area (Å²) >= 11 is 0. The Morgan fingerprint density at radius 2 is 1.78 bits per heavy atom. The number of rotatable bonds is 5. The molecule has 0 aromatic heterocycles. The summed E-state index contributed by atoms with van der Waals surface area (Å²) in [5, 5.41) is 0. The lowest BCUT2D eigenvalue weighted by Gasteiger charge is -2.34. The molecule has 0 fully saturated rings. The maximum atomic E-state index is 10.7. The van der Waals surface area contributed by atoms with Crippen LogP contribution < -0.4 is 0 Å². The monoisotopic (exact) mass is 247 g/mol. The van der Waals surface area contributed by atoms with E-state index in [1.807, 2.05) is 12.1 Å². The van der Waals surface area contributed by atoms with Crippen LogP contribution in [0.2, 0.25) is 0 Å². The van der Waals surface area contributed by atoms with Crippen molar-refractivity contribution in [3.8, 4) is 0 Å². The zero-order valence-electron chi connectivity index (χ0n) is 12.2. The summed E-state index contributed by atoms with van der Waals surface area (Å²) in [6, 6.07) is 7.97. The van der Waals surface area contributed by atoms with Crippen molar-refractivity contribution in [2.75, 3.05) is 13.6 Å². The average Bonchev–Trinajstić information content (AvgIpc) is 2.34. The van der Waals surface area contributed by atoms with Crippen molar-refractivity contribution in [1.29, 1.82) is 0 Å². The standard InChI is InChI=1S/C16H25NO/c1-6-14(11-17(5)16(2,3)4)15-9-7-13(12-18)8-10-15/h7-10,12,14H,6,11H2,1-5H3. The van der Waals surface area contributed by atoms with E-state index in [1.165, 1.54) is 5.56 Å². The van der Waals surface area contributed by atoms with Crippen molar-refractivity contribution in [2.24, 2.45) is 0 Å². The van der Waals surface area contributed by atoms with E-state index in [9.17, 15) is 4.79 Å². The first-order valence-electron chi connectivity index (χ1n) is 6.65. The van der Waals surface area contributed by atoms with Crippen LogP contribution in [0.4, 0.5) is 0 Å². The first-order chi connectivity index (χ1) is 8.38. The number of benzene rings is 1. The molecule has 0 spiro atoms. The number of likely N-dealkylation sites (N-methyl/N-ethyl adjacent to an activating group) is 1. The minimum Gasteiger partial charge on any atom is -0.301 e. The van der Waals surface area contributed by atoms with Crippen LogP contribution >= 0.6 is 0 Å². The number of hydrogen-bond acceptors (Lipinski definition) is 2. The van der Waals surface area contributed by atoms with Crippen molar-refractivity contribution in [2.45, 2.75) is 45.6 Å². The van der Waals surface area contributed by atoms with Gasteiger partial charge in [-0.05, 0) is 45.7 Å². The molecule has 1 unspecified atom stereocenters. The SMILES string of the molecule is CCC(CN(C)C(C)(C)C)c1ccc(C=O)cc1. The number of nitrogens with zero attached hydrogens (tertiary/aromatic N) is 1. The Hall–Kier alpha value is -1.15. The van der Waals surface area contributed by atoms with Gasteiger partial charge in [-0.1, -0.05) is 31.2 Å². The summed E-state index contributed by atoms with van der Waals surface area (Å²) in [7, 11) is 2.17. The van der Waals surface area contributed by atoms with Crippen LogP contribution in [-0.2, 0) is 0 Å². The Morgan fingerprint density at radius 1 is 1.22 bits per heavy atom. The summed E-state index contributed by atoms with van der Waals surface area (Å²) in [4.78, 5) is 13.0. The molecule has 2 nitrogen and oxygen atoms in total. The van der Waals surface area contributed by atoms with Crippen molar-refractivity contribution in [1.82, 2.24) is 4.90 Å². The highest BCUT2D eigenvalue weighted by molar-refractivity contribution is 5.74. The number of carbonyl (C=O) groups excluding carboxylic acids is 1. The summed E-state index contributed by atoms with van der Waals surface area (Å²) in [5.41, 5.74) is 2.26. The molecule has 0 aliphatic heterocycles. The minimum absolute atomic E-state index is 0.191. The molecule has 0 amide bonds. The van der Waals surface area contributed by atoms with Crippen LogP contribution in [0.15, 0.2) is 24.3 Å². The third-order valence-electron chi connectivity index (χ3n) is 3.68. The molecule has 18 heavy (non-hydrogen) atoms. The molecule has 1 aromatic rings. The van der Waals surface area contributed by atoms with Crippen molar-refractivity contribution >= 4 is 6.29 Å². The number of hydrogen-bond donors (Lipinski definition) is 0. The van der Waals surface area contributed by atoms with E-state index in [0.717, 1.165) is 24.8 Å². The zero-order chi connectivity index (χ0) is 13.8. The second-order valence-electron chi connectivity index (χ2n) is 5.94. The quantitative estimate of drug-likeness (QED) is 0.739. The average molecular weight is 247 g/mol. The highest BCUT2D eigenvalue weighted by Gasteiger charge is 2.20. The van der Waals surface area contributed by atoms with Crippen LogP contribution in [-0.4, -0.2) is 30.3 Å². The smallest absolute Gasteiger partial charge is 0.150 e. The van der Waals surface area contributed by atoms with E-state index < -0.39 is 0 Å². The molecule has 1 rings (SSSR count). The molecule has 0 saturated heterocycles. The third kappa shape index (κ3) is 3.95. The van der Waals surface area contributed by atoms with Gasteiger partial charge in [0.25, 0.3) is 0 Å². The number of carbonyl (C=O) groups is 1. The number of aldehydes is 1. The van der Waals surface area contributed by atoms with Gasteiger partial charge in [0.2, 0.25) is 0 Å². The van der Waals surface area contributed by atoms with Crippen molar-refractivity contribution < 1.29 is 4.79 Å². The molecular weight excluding hydrogens is 222 g/mol. The normalized spacial score (nSPS) is 13.7. The van der Waals surface area contributed by atoms with E-state index in [0.29, 0.717) is 5.92 Å². The summed E-state index contributed by atoms with van der Waals surface area (Å²) in [6.07, 6.45) is 2.01. The second kappa shape index (κ2) is 6.14. The molecule has 0 heterocycles. The molecule has 0 saturated carbocycles. The highest BCUT2D eigenvalue weighted by atomic mass is 16.1. The molecule has 100 valence electrons. The lowest BCUT2D eigenvalue weighted by Crippen LogP contribution is -2.40. The maximum Gasteiger partial charge on any atom is 0.150 e. The van der Waals surface area contributed by atoms with Gasteiger partial charge >= 0.3 is 0 Å². The Kier molecular flexibility index (Phi) is 5.09. The molecule has 2 heteroatoms. The fourth-order valence-corrected chi connectivity index (χ4v) is 1.92. The lowest BCUT2D eigenvalue weighted by atomic mass is 9.93. The van der Waals surface area contributed by atoms with Gasteiger partial charge in [0.15, 0.2) is 0 Å². The predicted octanol–water partition coefficient (Wildman–Crippen LogP) is 3.72. The van der Waals surface area contributed by atoms with E-state index in [-0.39, 0.29) is 5.54 Å². The molecular formula is C16H25NO. The second-order valence-corrected chi connectivity index (χ2v) is 5.94. The largest absolute Gasteiger partial charge is 0.301 e. The Bertz CT molecular complexity index is 375. The van der Waals surface area contributed by atoms with Crippen molar-refractivity contribution in [3.05, 3.63) is 35.4 Å². The lowest BCUT2D eigenvalue weighted by molar-refractivity contribution is 0.112. The fourth-order valence-electron chi connectivity index (χ4n) is 1.92. The van der Waals surface area contributed by atoms with Crippen LogP contribution in [0, 0.1) is 0 Å². The summed E-state index contributed by atoms with van der Waals surface area (Å²) < 4.78 is 0. The van der Waals surface area contributed by atoms with Crippen LogP contribution in [0.5, 0.6) is 0 Å². The molecule has 0 N–H and O–H groups in total. The minimum atomic E-state index is 0.191. The van der Waals surface area contributed by atoms with Gasteiger partial charge < -0.3 is 4.90 Å². The molecule has 1 aromatic carbocycles. The zero-order valence-corrected chi connectivity index (χ0v) is 12.2. The summed E-state index contributed by atoms with van der Waals surface area (Å²) in [6.45, 7) is 9.95. The molecule has 0 radical (unpaired) electrons. The maximum absolute atomic E-state index is 10.7. The van der Waals surface area contributed by atoms with Gasteiger partial charge in [-0.25, -0.2) is 0 Å². The van der Waals surface area contributed by atoms with Crippen LogP contribution in [0.25, 0.3) is 0 Å². The van der Waals surface area contributed by atoms with Crippen LogP contribution in [0.1, 0.15) is 56.0 Å². The third-order valence-corrected chi connectivity index (χ3v) is 3.68. The van der Waals surface area contributed by atoms with Gasteiger partial charge in [0.1, 0.15) is 6.29 Å². The van der Waals surface area contributed by atoms with E-state index in [4.69, 9.17) is 0 Å². The molecule has 0 aliphatic rings. The van der Waals surface area contributed by atoms with Gasteiger partial charge in [0.05, 0.1) is 0 Å². The van der Waals surface area contributed by atoms with Gasteiger partial charge in [-0.2, -0.15) is 0 Å². The topological polar surface area (TPSA) is 20.3 Å². The van der Waals surface area contributed by atoms with Crippen molar-refractivity contribution in [3.63, 3.8) is 0 Å². The molecule has 0 aliphatic carbocycles. The highest BCUT2D eigenvalue weighted by Crippen LogP contribution is 2.23. The van der Waals surface area contributed by atoms with E-state index >= 15 is 0 Å². The Balaban J connectivity index is 2.79. The van der Waals surface area contributed by atoms with Gasteiger partial charge in [0, 0.05) is 17.6 Å². The van der Waals surface area contributed by atoms with E-state index in [1.54, 1.807) is 0 Å². The first-order valence-corrected chi connectivity index (χ1v) is 6.65. The van der Waals surface area contributed by atoms with Crippen LogP contribution in [0.3, 0.4) is 0 Å². The summed E-state index contributed by atoms with van der Waals surface area (Å²) in [5.74, 6) is 0.523. The Morgan fingerprint density at radius 3 is 2.17 bits per heavy atom. The predicted molar refractivity (Wildman–Crippen MR) is 77.2 cm³/mol. The molecule has 1 atom stereocenters.